The van der Waals surface area contributed by atoms with Crippen LogP contribution < -0.4 is 4.90 Å². The monoisotopic (exact) mass is 236 g/mol. The van der Waals surface area contributed by atoms with Gasteiger partial charge in [0.15, 0.2) is 0 Å². The second-order valence-electron chi connectivity index (χ2n) is 3.48. The molecule has 0 saturated carbocycles. The predicted octanol–water partition coefficient (Wildman–Crippen LogP) is 1.93. The first kappa shape index (κ1) is 12.8. The molecule has 0 spiro atoms. The molecule has 1 unspecified atom stereocenters. The lowest BCUT2D eigenvalue weighted by molar-refractivity contribution is 0.657. The van der Waals surface area contributed by atoms with Crippen molar-refractivity contribution in [2.24, 2.45) is 0 Å². The van der Waals surface area contributed by atoms with E-state index >= 15 is 0 Å². The average Bonchev–Trinajstić information content (AvgIpc) is 2.35. The second-order valence-corrected chi connectivity index (χ2v) is 4.39. The smallest absolute Gasteiger partial charge is 0.226 e. The van der Waals surface area contributed by atoms with Gasteiger partial charge in [-0.15, -0.1) is 0 Å². The lowest BCUT2D eigenvalue weighted by Gasteiger charge is -2.26. The summed E-state index contributed by atoms with van der Waals surface area (Å²) in [7, 11) is 1.97. The molecule has 1 aromatic rings. The third kappa shape index (κ3) is 3.11. The van der Waals surface area contributed by atoms with Crippen molar-refractivity contribution in [2.45, 2.75) is 19.4 Å². The van der Waals surface area contributed by atoms with Crippen LogP contribution in [0.3, 0.4) is 0 Å². The fourth-order valence-corrected chi connectivity index (χ4v) is 2.28. The fraction of sp³-hybridized carbons (Fsp3) is 0.545. The summed E-state index contributed by atoms with van der Waals surface area (Å²) < 4.78 is 0. The number of rotatable bonds is 5. The van der Waals surface area contributed by atoms with Crippen molar-refractivity contribution in [3.63, 3.8) is 0 Å². The minimum Gasteiger partial charge on any atom is -0.340 e. The van der Waals surface area contributed by atoms with Crippen molar-refractivity contribution in [3.05, 3.63) is 18.0 Å². The maximum atomic E-state index is 8.78. The highest BCUT2D eigenvalue weighted by molar-refractivity contribution is 7.98. The van der Waals surface area contributed by atoms with Crippen LogP contribution in [0.5, 0.6) is 0 Å². The lowest BCUT2D eigenvalue weighted by atomic mass is 10.2. The Bertz CT molecular complexity index is 374. The van der Waals surface area contributed by atoms with Gasteiger partial charge < -0.3 is 4.90 Å². The number of hydrogen-bond donors (Lipinski definition) is 0. The van der Waals surface area contributed by atoms with Gasteiger partial charge in [0.05, 0.1) is 0 Å². The zero-order valence-corrected chi connectivity index (χ0v) is 10.7. The third-order valence-corrected chi connectivity index (χ3v) is 3.17. The molecule has 0 aliphatic carbocycles. The Balaban J connectivity index is 2.85. The molecule has 0 aromatic carbocycles. The first-order valence-corrected chi connectivity index (χ1v) is 6.57. The van der Waals surface area contributed by atoms with E-state index in [1.54, 1.807) is 24.0 Å². The van der Waals surface area contributed by atoms with Crippen molar-refractivity contribution in [1.29, 1.82) is 5.26 Å². The van der Waals surface area contributed by atoms with Gasteiger partial charge in [0, 0.05) is 25.0 Å². The molecule has 0 fully saturated rings. The lowest BCUT2D eigenvalue weighted by Crippen LogP contribution is -2.34. The van der Waals surface area contributed by atoms with Gasteiger partial charge in [-0.1, -0.05) is 6.92 Å². The van der Waals surface area contributed by atoms with Crippen LogP contribution in [0.1, 0.15) is 19.0 Å². The highest BCUT2D eigenvalue weighted by Gasteiger charge is 2.15. The minimum absolute atomic E-state index is 0.406. The van der Waals surface area contributed by atoms with Crippen LogP contribution in [0.15, 0.2) is 12.3 Å². The maximum Gasteiger partial charge on any atom is 0.226 e. The van der Waals surface area contributed by atoms with Gasteiger partial charge in [0.25, 0.3) is 0 Å². The highest BCUT2D eigenvalue weighted by Crippen LogP contribution is 2.14. The van der Waals surface area contributed by atoms with Crippen molar-refractivity contribution >= 4 is 17.7 Å². The summed E-state index contributed by atoms with van der Waals surface area (Å²) >= 11 is 1.81. The van der Waals surface area contributed by atoms with Gasteiger partial charge >= 0.3 is 0 Å². The van der Waals surface area contributed by atoms with E-state index in [2.05, 4.69) is 23.1 Å². The quantitative estimate of drug-likeness (QED) is 0.782. The predicted molar refractivity (Wildman–Crippen MR) is 67.6 cm³/mol. The standard InChI is InChI=1S/C11H16N4S/c1-4-10(8-16-3)15(2)11-13-6-5-9(7-12)14-11/h5-6,10H,4,8H2,1-3H3. The molecule has 0 N–H and O–H groups in total. The summed E-state index contributed by atoms with van der Waals surface area (Å²) in [4.78, 5) is 10.4. The number of anilines is 1. The summed E-state index contributed by atoms with van der Waals surface area (Å²) in [6.07, 6.45) is 4.75. The van der Waals surface area contributed by atoms with Crippen molar-refractivity contribution < 1.29 is 0 Å². The van der Waals surface area contributed by atoms with Gasteiger partial charge in [-0.2, -0.15) is 17.0 Å². The molecule has 0 radical (unpaired) electrons. The van der Waals surface area contributed by atoms with E-state index in [1.165, 1.54) is 0 Å². The molecule has 0 bridgehead atoms. The minimum atomic E-state index is 0.406. The Labute approximate surface area is 101 Å². The van der Waals surface area contributed by atoms with Crippen molar-refractivity contribution in [3.8, 4) is 6.07 Å². The molecular formula is C11H16N4S. The van der Waals surface area contributed by atoms with Gasteiger partial charge in [-0.05, 0) is 18.7 Å². The summed E-state index contributed by atoms with van der Waals surface area (Å²) in [5.74, 6) is 1.66. The molecule has 1 heterocycles. The van der Waals surface area contributed by atoms with E-state index in [0.29, 0.717) is 17.7 Å². The molecule has 1 rings (SSSR count). The molecule has 16 heavy (non-hydrogen) atoms. The SMILES string of the molecule is CCC(CSC)N(C)c1nccc(C#N)n1. The molecular weight excluding hydrogens is 220 g/mol. The van der Waals surface area contributed by atoms with Crippen LogP contribution in [0, 0.1) is 11.3 Å². The molecule has 0 amide bonds. The highest BCUT2D eigenvalue weighted by atomic mass is 32.2. The largest absolute Gasteiger partial charge is 0.340 e. The van der Waals surface area contributed by atoms with Crippen molar-refractivity contribution in [2.75, 3.05) is 24.0 Å². The molecule has 5 heteroatoms. The van der Waals surface area contributed by atoms with Crippen LogP contribution in [0.2, 0.25) is 0 Å². The number of thioether (sulfide) groups is 1. The number of nitriles is 1. The van der Waals surface area contributed by atoms with E-state index in [1.807, 2.05) is 18.0 Å². The topological polar surface area (TPSA) is 52.8 Å². The van der Waals surface area contributed by atoms with Gasteiger partial charge in [0.2, 0.25) is 5.95 Å². The van der Waals surface area contributed by atoms with E-state index in [-0.39, 0.29) is 0 Å². The number of aromatic nitrogens is 2. The third-order valence-electron chi connectivity index (χ3n) is 2.45. The van der Waals surface area contributed by atoms with E-state index in [9.17, 15) is 0 Å². The van der Waals surface area contributed by atoms with Crippen LogP contribution >= 0.6 is 11.8 Å². The molecule has 0 saturated heterocycles. The normalized spacial score (nSPS) is 11.9. The Morgan fingerprint density at radius 2 is 2.38 bits per heavy atom. The maximum absolute atomic E-state index is 8.78. The Morgan fingerprint density at radius 1 is 1.62 bits per heavy atom. The zero-order valence-electron chi connectivity index (χ0n) is 9.84. The zero-order chi connectivity index (χ0) is 12.0. The Kier molecular flexibility index (Phi) is 5.06. The van der Waals surface area contributed by atoms with Crippen LogP contribution in [-0.2, 0) is 0 Å². The molecule has 86 valence electrons. The Morgan fingerprint density at radius 3 is 2.94 bits per heavy atom. The van der Waals surface area contributed by atoms with Gasteiger partial charge in [-0.25, -0.2) is 9.97 Å². The van der Waals surface area contributed by atoms with Crippen LogP contribution in [-0.4, -0.2) is 35.1 Å². The van der Waals surface area contributed by atoms with Gasteiger partial charge in [-0.3, -0.25) is 0 Å². The van der Waals surface area contributed by atoms with Crippen molar-refractivity contribution in [1.82, 2.24) is 9.97 Å². The van der Waals surface area contributed by atoms with Crippen LogP contribution in [0.25, 0.3) is 0 Å². The fourth-order valence-electron chi connectivity index (χ4n) is 1.44. The first-order chi connectivity index (χ1) is 7.72. The second kappa shape index (κ2) is 6.33. The average molecular weight is 236 g/mol. The molecule has 4 nitrogen and oxygen atoms in total. The van der Waals surface area contributed by atoms with E-state index in [4.69, 9.17) is 5.26 Å². The summed E-state index contributed by atoms with van der Waals surface area (Å²) in [6.45, 7) is 2.14. The molecule has 0 aliphatic heterocycles. The summed E-state index contributed by atoms with van der Waals surface area (Å²) in [5, 5.41) is 8.78. The van der Waals surface area contributed by atoms with Crippen LogP contribution in [0.4, 0.5) is 5.95 Å². The van der Waals surface area contributed by atoms with Gasteiger partial charge in [0.1, 0.15) is 11.8 Å². The number of hydrogen-bond acceptors (Lipinski definition) is 5. The summed E-state index contributed by atoms with van der Waals surface area (Å²) in [5.41, 5.74) is 0.413. The first-order valence-electron chi connectivity index (χ1n) is 5.17. The Hall–Kier alpha value is -1.28. The number of nitrogens with zero attached hydrogens (tertiary/aromatic N) is 4. The molecule has 0 aliphatic rings. The summed E-state index contributed by atoms with van der Waals surface area (Å²) in [6, 6.07) is 4.05. The van der Waals surface area contributed by atoms with E-state index < -0.39 is 0 Å². The molecule has 1 aromatic heterocycles. The molecule has 1 atom stereocenters. The van der Waals surface area contributed by atoms with E-state index in [0.717, 1.165) is 12.2 Å².